The molecular formula is C23H19Cl2NO2. The highest BCUT2D eigenvalue weighted by Crippen LogP contribution is 2.43. The van der Waals surface area contributed by atoms with Crippen LogP contribution in [0, 0.1) is 0 Å². The Morgan fingerprint density at radius 1 is 0.821 bits per heavy atom. The van der Waals surface area contributed by atoms with Gasteiger partial charge in [-0.05, 0) is 41.5 Å². The van der Waals surface area contributed by atoms with Crippen molar-refractivity contribution in [1.29, 1.82) is 0 Å². The number of benzene rings is 3. The van der Waals surface area contributed by atoms with Crippen LogP contribution in [0.3, 0.4) is 0 Å². The van der Waals surface area contributed by atoms with Crippen molar-refractivity contribution in [3.05, 3.63) is 106 Å². The summed E-state index contributed by atoms with van der Waals surface area (Å²) in [6, 6.07) is 21.5. The molecule has 0 aliphatic rings. The van der Waals surface area contributed by atoms with E-state index in [1.807, 2.05) is 42.1 Å². The molecule has 0 radical (unpaired) electrons. The van der Waals surface area contributed by atoms with Gasteiger partial charge in [0.05, 0.1) is 0 Å². The molecule has 0 fully saturated rings. The van der Waals surface area contributed by atoms with Crippen molar-refractivity contribution in [3.8, 4) is 0 Å². The molecule has 0 bridgehead atoms. The van der Waals surface area contributed by atoms with Crippen LogP contribution in [0.2, 0.25) is 10.0 Å². The predicted molar refractivity (Wildman–Crippen MR) is 114 cm³/mol. The van der Waals surface area contributed by atoms with Gasteiger partial charge in [0.25, 0.3) is 0 Å². The third-order valence-corrected chi connectivity index (χ3v) is 5.69. The van der Waals surface area contributed by atoms with Gasteiger partial charge in [-0.2, -0.15) is 0 Å². The molecule has 3 aromatic carbocycles. The lowest BCUT2D eigenvalue weighted by Gasteiger charge is -2.34. The fourth-order valence-corrected chi connectivity index (χ4v) is 3.96. The minimum atomic E-state index is -1.68. The van der Waals surface area contributed by atoms with Crippen molar-refractivity contribution in [2.24, 2.45) is 7.05 Å². The molecule has 1 heterocycles. The first-order valence-corrected chi connectivity index (χ1v) is 9.63. The number of hydrogen-bond acceptors (Lipinski definition) is 2. The van der Waals surface area contributed by atoms with Gasteiger partial charge in [0, 0.05) is 39.8 Å². The summed E-state index contributed by atoms with van der Waals surface area (Å²) in [5.41, 5.74) is 1.02. The highest BCUT2D eigenvalue weighted by atomic mass is 35.5. The SMILES string of the molecule is Cn1cc(C(O)C(O)(c2ccc(Cl)cc2)c2ccc(Cl)cc2)c2ccccc21. The number of para-hydroxylation sites is 1. The molecule has 28 heavy (non-hydrogen) atoms. The molecule has 0 aliphatic heterocycles. The zero-order chi connectivity index (χ0) is 19.9. The lowest BCUT2D eigenvalue weighted by Crippen LogP contribution is -2.35. The van der Waals surface area contributed by atoms with Crippen molar-refractivity contribution in [2.75, 3.05) is 0 Å². The van der Waals surface area contributed by atoms with Gasteiger partial charge in [-0.25, -0.2) is 0 Å². The Balaban J connectivity index is 1.94. The van der Waals surface area contributed by atoms with E-state index < -0.39 is 11.7 Å². The van der Waals surface area contributed by atoms with Crippen LogP contribution in [0.25, 0.3) is 10.9 Å². The Morgan fingerprint density at radius 3 is 1.86 bits per heavy atom. The summed E-state index contributed by atoms with van der Waals surface area (Å²) in [5, 5.41) is 25.4. The largest absolute Gasteiger partial charge is 0.385 e. The van der Waals surface area contributed by atoms with Gasteiger partial charge in [0.1, 0.15) is 11.7 Å². The molecule has 0 saturated heterocycles. The summed E-state index contributed by atoms with van der Waals surface area (Å²) in [6.45, 7) is 0. The minimum absolute atomic E-state index is 0.541. The Bertz CT molecular complexity index is 1070. The second kappa shape index (κ2) is 7.26. The highest BCUT2D eigenvalue weighted by Gasteiger charge is 2.41. The van der Waals surface area contributed by atoms with E-state index in [-0.39, 0.29) is 0 Å². The quantitative estimate of drug-likeness (QED) is 0.468. The fraction of sp³-hybridized carbons (Fsp3) is 0.130. The van der Waals surface area contributed by atoms with Crippen molar-refractivity contribution >= 4 is 34.1 Å². The molecule has 1 atom stereocenters. The molecule has 0 amide bonds. The van der Waals surface area contributed by atoms with E-state index in [1.165, 1.54) is 0 Å². The van der Waals surface area contributed by atoms with E-state index >= 15 is 0 Å². The van der Waals surface area contributed by atoms with Crippen LogP contribution in [-0.2, 0) is 12.6 Å². The third kappa shape index (κ3) is 3.11. The maximum atomic E-state index is 11.9. The zero-order valence-corrected chi connectivity index (χ0v) is 16.7. The number of aromatic nitrogens is 1. The second-order valence-electron chi connectivity index (χ2n) is 6.90. The van der Waals surface area contributed by atoms with Crippen molar-refractivity contribution in [3.63, 3.8) is 0 Å². The molecule has 1 unspecified atom stereocenters. The lowest BCUT2D eigenvalue weighted by atomic mass is 9.79. The Morgan fingerprint density at radius 2 is 1.32 bits per heavy atom. The molecule has 3 nitrogen and oxygen atoms in total. The molecule has 0 spiro atoms. The van der Waals surface area contributed by atoms with Gasteiger partial charge in [0.15, 0.2) is 0 Å². The van der Waals surface area contributed by atoms with E-state index in [1.54, 1.807) is 48.5 Å². The van der Waals surface area contributed by atoms with Gasteiger partial charge in [-0.1, -0.05) is 65.7 Å². The molecular weight excluding hydrogens is 393 g/mol. The molecule has 4 rings (SSSR count). The molecule has 2 N–H and O–H groups in total. The van der Waals surface area contributed by atoms with Crippen LogP contribution in [0.1, 0.15) is 22.8 Å². The number of aliphatic hydroxyl groups is 2. The van der Waals surface area contributed by atoms with Crippen molar-refractivity contribution in [2.45, 2.75) is 11.7 Å². The maximum absolute atomic E-state index is 11.9. The predicted octanol–water partition coefficient (Wildman–Crippen LogP) is 5.45. The summed E-state index contributed by atoms with van der Waals surface area (Å²) >= 11 is 12.1. The smallest absolute Gasteiger partial charge is 0.145 e. The van der Waals surface area contributed by atoms with Crippen molar-refractivity contribution in [1.82, 2.24) is 4.57 Å². The van der Waals surface area contributed by atoms with E-state index in [0.29, 0.717) is 26.7 Å². The van der Waals surface area contributed by atoms with Crippen LogP contribution in [0.4, 0.5) is 0 Å². The number of halogens is 2. The zero-order valence-electron chi connectivity index (χ0n) is 15.2. The Labute approximate surface area is 173 Å². The van der Waals surface area contributed by atoms with Crippen LogP contribution in [0.15, 0.2) is 79.0 Å². The first-order chi connectivity index (χ1) is 13.4. The molecule has 1 aromatic heterocycles. The monoisotopic (exact) mass is 411 g/mol. The molecule has 5 heteroatoms. The third-order valence-electron chi connectivity index (χ3n) is 5.19. The van der Waals surface area contributed by atoms with Crippen molar-refractivity contribution < 1.29 is 10.2 Å². The summed E-state index contributed by atoms with van der Waals surface area (Å²) in [7, 11) is 1.92. The number of fused-ring (bicyclic) bond motifs is 1. The first-order valence-electron chi connectivity index (χ1n) is 8.87. The lowest BCUT2D eigenvalue weighted by molar-refractivity contribution is -0.0511. The van der Waals surface area contributed by atoms with Gasteiger partial charge in [-0.3, -0.25) is 0 Å². The summed E-state index contributed by atoms with van der Waals surface area (Å²) < 4.78 is 1.94. The van der Waals surface area contributed by atoms with Gasteiger partial charge < -0.3 is 14.8 Å². The van der Waals surface area contributed by atoms with E-state index in [2.05, 4.69) is 0 Å². The van der Waals surface area contributed by atoms with E-state index in [0.717, 1.165) is 10.9 Å². The fourth-order valence-electron chi connectivity index (χ4n) is 3.71. The van der Waals surface area contributed by atoms with Crippen LogP contribution >= 0.6 is 23.2 Å². The molecule has 142 valence electrons. The van der Waals surface area contributed by atoms with Crippen LogP contribution in [-0.4, -0.2) is 14.8 Å². The van der Waals surface area contributed by atoms with Gasteiger partial charge in [-0.15, -0.1) is 0 Å². The highest BCUT2D eigenvalue weighted by molar-refractivity contribution is 6.30. The van der Waals surface area contributed by atoms with Crippen LogP contribution in [0.5, 0.6) is 0 Å². The number of rotatable bonds is 4. The van der Waals surface area contributed by atoms with E-state index in [4.69, 9.17) is 23.2 Å². The Kier molecular flexibility index (Phi) is 4.94. The average molecular weight is 412 g/mol. The number of aliphatic hydroxyl groups excluding tert-OH is 1. The average Bonchev–Trinajstić information content (AvgIpc) is 3.05. The summed E-state index contributed by atoms with van der Waals surface area (Å²) in [5.74, 6) is 0. The summed E-state index contributed by atoms with van der Waals surface area (Å²) in [4.78, 5) is 0. The van der Waals surface area contributed by atoms with E-state index in [9.17, 15) is 10.2 Å². The Hall–Kier alpha value is -2.30. The number of hydrogen-bond donors (Lipinski definition) is 2. The molecule has 4 aromatic rings. The maximum Gasteiger partial charge on any atom is 0.145 e. The number of aryl methyl sites for hydroxylation is 1. The summed E-state index contributed by atoms with van der Waals surface area (Å²) in [6.07, 6.45) is 0.646. The first kappa shape index (κ1) is 19.0. The standard InChI is InChI=1S/C23H19Cl2NO2/c1-26-14-20(19-4-2-3-5-21(19)26)22(27)23(28,15-6-10-17(24)11-7-15)16-8-12-18(25)13-9-16/h2-14,22,27-28H,1H3. The second-order valence-corrected chi connectivity index (χ2v) is 7.77. The van der Waals surface area contributed by atoms with Gasteiger partial charge >= 0.3 is 0 Å². The normalized spacial score (nSPS) is 13.0. The van der Waals surface area contributed by atoms with Crippen LogP contribution < -0.4 is 0 Å². The molecule has 0 saturated carbocycles. The number of nitrogens with zero attached hydrogens (tertiary/aromatic N) is 1. The van der Waals surface area contributed by atoms with Gasteiger partial charge in [0.2, 0.25) is 0 Å². The minimum Gasteiger partial charge on any atom is -0.385 e. The topological polar surface area (TPSA) is 45.4 Å². The molecule has 0 aliphatic carbocycles.